The standard InChI is InChI=1S/C10H19N5OS/c1-4-11-8-13-9(12-6-5-7-17-3)15-10(14-8)16-2/h4-7H2,1-3H3,(H2,11,12,13,14,15). The third kappa shape index (κ3) is 5.08. The lowest BCUT2D eigenvalue weighted by Gasteiger charge is -2.08. The van der Waals surface area contributed by atoms with Gasteiger partial charge in [0.25, 0.3) is 0 Å². The lowest BCUT2D eigenvalue weighted by molar-refractivity contribution is 0.379. The van der Waals surface area contributed by atoms with Gasteiger partial charge in [-0.25, -0.2) is 0 Å². The Morgan fingerprint density at radius 1 is 1.18 bits per heavy atom. The number of hydrogen-bond donors (Lipinski definition) is 2. The van der Waals surface area contributed by atoms with Gasteiger partial charge in [-0.2, -0.15) is 26.7 Å². The number of thioether (sulfide) groups is 1. The van der Waals surface area contributed by atoms with Crippen molar-refractivity contribution in [2.75, 3.05) is 42.8 Å². The maximum Gasteiger partial charge on any atom is 0.322 e. The van der Waals surface area contributed by atoms with Gasteiger partial charge in [-0.15, -0.1) is 0 Å². The van der Waals surface area contributed by atoms with Crippen LogP contribution >= 0.6 is 11.8 Å². The first-order valence-corrected chi connectivity index (χ1v) is 6.96. The van der Waals surface area contributed by atoms with Crippen molar-refractivity contribution in [2.45, 2.75) is 13.3 Å². The van der Waals surface area contributed by atoms with Crippen LogP contribution in [0.25, 0.3) is 0 Å². The van der Waals surface area contributed by atoms with Crippen molar-refractivity contribution >= 4 is 23.7 Å². The minimum Gasteiger partial charge on any atom is -0.467 e. The summed E-state index contributed by atoms with van der Waals surface area (Å²) in [7, 11) is 1.54. The predicted molar refractivity (Wildman–Crippen MR) is 72.0 cm³/mol. The third-order valence-corrected chi connectivity index (χ3v) is 2.64. The lowest BCUT2D eigenvalue weighted by Crippen LogP contribution is -2.11. The van der Waals surface area contributed by atoms with E-state index >= 15 is 0 Å². The second kappa shape index (κ2) is 7.94. The molecule has 1 aromatic heterocycles. The molecule has 6 nitrogen and oxygen atoms in total. The molecular weight excluding hydrogens is 238 g/mol. The Bertz CT molecular complexity index is 336. The van der Waals surface area contributed by atoms with Gasteiger partial charge in [-0.3, -0.25) is 0 Å². The van der Waals surface area contributed by atoms with Crippen molar-refractivity contribution in [3.63, 3.8) is 0 Å². The molecule has 1 rings (SSSR count). The molecule has 17 heavy (non-hydrogen) atoms. The molecule has 2 N–H and O–H groups in total. The van der Waals surface area contributed by atoms with Crippen molar-refractivity contribution in [3.8, 4) is 6.01 Å². The molecule has 0 bridgehead atoms. The number of nitrogens with zero attached hydrogens (tertiary/aromatic N) is 3. The third-order valence-electron chi connectivity index (χ3n) is 1.94. The van der Waals surface area contributed by atoms with E-state index in [0.717, 1.165) is 25.3 Å². The number of anilines is 2. The molecule has 0 amide bonds. The molecule has 1 aromatic rings. The molecule has 0 unspecified atom stereocenters. The van der Waals surface area contributed by atoms with E-state index < -0.39 is 0 Å². The van der Waals surface area contributed by atoms with E-state index in [4.69, 9.17) is 4.74 Å². The summed E-state index contributed by atoms with van der Waals surface area (Å²) < 4.78 is 5.02. The fourth-order valence-corrected chi connectivity index (χ4v) is 1.61. The zero-order chi connectivity index (χ0) is 12.5. The first-order chi connectivity index (χ1) is 8.30. The minimum atomic E-state index is 0.323. The maximum atomic E-state index is 5.02. The van der Waals surface area contributed by atoms with E-state index in [1.165, 1.54) is 0 Å². The van der Waals surface area contributed by atoms with Crippen LogP contribution < -0.4 is 15.4 Å². The summed E-state index contributed by atoms with van der Waals surface area (Å²) >= 11 is 1.83. The van der Waals surface area contributed by atoms with Crippen LogP contribution in [0.5, 0.6) is 6.01 Å². The molecule has 96 valence electrons. The minimum absolute atomic E-state index is 0.323. The molecule has 0 saturated heterocycles. The summed E-state index contributed by atoms with van der Waals surface area (Å²) in [6.45, 7) is 3.60. The number of aromatic nitrogens is 3. The Balaban J connectivity index is 2.59. The zero-order valence-electron chi connectivity index (χ0n) is 10.5. The van der Waals surface area contributed by atoms with E-state index in [9.17, 15) is 0 Å². The quantitative estimate of drug-likeness (QED) is 0.683. The van der Waals surface area contributed by atoms with Crippen molar-refractivity contribution in [1.29, 1.82) is 0 Å². The van der Waals surface area contributed by atoms with Gasteiger partial charge in [0.15, 0.2) is 0 Å². The Labute approximate surface area is 106 Å². The van der Waals surface area contributed by atoms with Crippen molar-refractivity contribution < 1.29 is 4.74 Å². The highest BCUT2D eigenvalue weighted by Crippen LogP contribution is 2.10. The highest BCUT2D eigenvalue weighted by molar-refractivity contribution is 7.98. The van der Waals surface area contributed by atoms with Crippen LogP contribution in [0.1, 0.15) is 13.3 Å². The SMILES string of the molecule is CCNc1nc(NCCCSC)nc(OC)n1. The number of hydrogen-bond acceptors (Lipinski definition) is 7. The van der Waals surface area contributed by atoms with Gasteiger partial charge in [0.05, 0.1) is 7.11 Å². The molecular formula is C10H19N5OS. The van der Waals surface area contributed by atoms with Gasteiger partial charge in [0.2, 0.25) is 11.9 Å². The molecule has 0 fully saturated rings. The summed E-state index contributed by atoms with van der Waals surface area (Å²) in [5.74, 6) is 2.20. The van der Waals surface area contributed by atoms with Crippen LogP contribution in [0.4, 0.5) is 11.9 Å². The van der Waals surface area contributed by atoms with Gasteiger partial charge in [0, 0.05) is 13.1 Å². The Morgan fingerprint density at radius 3 is 2.47 bits per heavy atom. The Kier molecular flexibility index (Phi) is 6.46. The molecule has 0 aliphatic heterocycles. The van der Waals surface area contributed by atoms with E-state index in [1.54, 1.807) is 7.11 Å². The number of rotatable bonds is 8. The topological polar surface area (TPSA) is 72.0 Å². The summed E-state index contributed by atoms with van der Waals surface area (Å²) in [4.78, 5) is 12.5. The molecule has 0 saturated carbocycles. The summed E-state index contributed by atoms with van der Waals surface area (Å²) in [6, 6.07) is 0.323. The van der Waals surface area contributed by atoms with Crippen molar-refractivity contribution in [2.24, 2.45) is 0 Å². The second-order valence-corrected chi connectivity index (χ2v) is 4.26. The van der Waals surface area contributed by atoms with Crippen LogP contribution in [0.2, 0.25) is 0 Å². The first-order valence-electron chi connectivity index (χ1n) is 5.57. The average molecular weight is 257 g/mol. The van der Waals surface area contributed by atoms with Gasteiger partial charge in [-0.05, 0) is 25.4 Å². The maximum absolute atomic E-state index is 5.02. The van der Waals surface area contributed by atoms with Gasteiger partial charge in [0.1, 0.15) is 0 Å². The normalized spacial score (nSPS) is 10.1. The van der Waals surface area contributed by atoms with Crippen LogP contribution in [-0.4, -0.2) is 47.2 Å². The summed E-state index contributed by atoms with van der Waals surface area (Å²) in [6.07, 6.45) is 3.17. The van der Waals surface area contributed by atoms with E-state index in [-0.39, 0.29) is 0 Å². The number of ether oxygens (including phenoxy) is 1. The van der Waals surface area contributed by atoms with Gasteiger partial charge in [-0.1, -0.05) is 0 Å². The first kappa shape index (κ1) is 13.8. The van der Waals surface area contributed by atoms with Gasteiger partial charge < -0.3 is 15.4 Å². The second-order valence-electron chi connectivity index (χ2n) is 3.27. The molecule has 0 radical (unpaired) electrons. The summed E-state index contributed by atoms with van der Waals surface area (Å²) in [5.41, 5.74) is 0. The monoisotopic (exact) mass is 257 g/mol. The van der Waals surface area contributed by atoms with E-state index in [1.807, 2.05) is 18.7 Å². The molecule has 7 heteroatoms. The summed E-state index contributed by atoms with van der Waals surface area (Å²) in [5, 5.41) is 6.20. The largest absolute Gasteiger partial charge is 0.467 e. The lowest BCUT2D eigenvalue weighted by atomic mass is 10.5. The molecule has 0 aromatic carbocycles. The highest BCUT2D eigenvalue weighted by Gasteiger charge is 2.05. The van der Waals surface area contributed by atoms with Crippen LogP contribution in [0, 0.1) is 0 Å². The van der Waals surface area contributed by atoms with E-state index in [0.29, 0.717) is 17.9 Å². The van der Waals surface area contributed by atoms with Crippen molar-refractivity contribution in [1.82, 2.24) is 15.0 Å². The number of nitrogens with one attached hydrogen (secondary N) is 2. The Hall–Kier alpha value is -1.24. The molecule has 0 spiro atoms. The zero-order valence-corrected chi connectivity index (χ0v) is 11.3. The average Bonchev–Trinajstić information content (AvgIpc) is 2.35. The van der Waals surface area contributed by atoms with Crippen LogP contribution in [0.15, 0.2) is 0 Å². The van der Waals surface area contributed by atoms with Crippen LogP contribution in [0.3, 0.4) is 0 Å². The molecule has 0 aliphatic carbocycles. The smallest absolute Gasteiger partial charge is 0.322 e. The fraction of sp³-hybridized carbons (Fsp3) is 0.700. The predicted octanol–water partition coefficient (Wildman–Crippen LogP) is 1.48. The fourth-order valence-electron chi connectivity index (χ4n) is 1.18. The number of methoxy groups -OCH3 is 1. The molecule has 1 heterocycles. The Morgan fingerprint density at radius 2 is 1.88 bits per heavy atom. The highest BCUT2D eigenvalue weighted by atomic mass is 32.2. The van der Waals surface area contributed by atoms with Crippen molar-refractivity contribution in [3.05, 3.63) is 0 Å². The molecule has 0 aliphatic rings. The van der Waals surface area contributed by atoms with E-state index in [2.05, 4.69) is 31.8 Å². The van der Waals surface area contributed by atoms with Gasteiger partial charge >= 0.3 is 6.01 Å². The van der Waals surface area contributed by atoms with Crippen LogP contribution in [-0.2, 0) is 0 Å². The molecule has 0 atom stereocenters.